The summed E-state index contributed by atoms with van der Waals surface area (Å²) in [6.07, 6.45) is 4.12. The number of amides is 1. The van der Waals surface area contributed by atoms with Crippen LogP contribution in [0.25, 0.3) is 0 Å². The number of nitrogens with zero attached hydrogens (tertiary/aromatic N) is 1. The molecule has 3 aliphatic rings. The lowest BCUT2D eigenvalue weighted by Crippen LogP contribution is -2.56. The van der Waals surface area contributed by atoms with Gasteiger partial charge in [-0.25, -0.2) is 9.18 Å². The number of fused-ring (bicyclic) bond motifs is 3. The van der Waals surface area contributed by atoms with E-state index in [-0.39, 0.29) is 18.0 Å². The summed E-state index contributed by atoms with van der Waals surface area (Å²) in [5.74, 6) is 0.813. The highest BCUT2D eigenvalue weighted by molar-refractivity contribution is 5.69. The number of piperidine rings is 2. The maximum atomic E-state index is 13.1. The van der Waals surface area contributed by atoms with E-state index < -0.39 is 5.60 Å². The molecular formula is C19H26FNO2. The molecule has 0 aromatic heterocycles. The summed E-state index contributed by atoms with van der Waals surface area (Å²) in [6.45, 7) is 6.54. The van der Waals surface area contributed by atoms with Gasteiger partial charge in [0.25, 0.3) is 0 Å². The zero-order valence-corrected chi connectivity index (χ0v) is 14.2. The molecular weight excluding hydrogens is 293 g/mol. The third kappa shape index (κ3) is 3.85. The summed E-state index contributed by atoms with van der Waals surface area (Å²) >= 11 is 0. The molecule has 2 heterocycles. The minimum absolute atomic E-state index is 0.184. The molecule has 23 heavy (non-hydrogen) atoms. The first-order valence-corrected chi connectivity index (χ1v) is 8.56. The highest BCUT2D eigenvalue weighted by Gasteiger charge is 2.43. The van der Waals surface area contributed by atoms with Crippen molar-refractivity contribution in [1.29, 1.82) is 0 Å². The van der Waals surface area contributed by atoms with Crippen LogP contribution in [-0.2, 0) is 11.2 Å². The van der Waals surface area contributed by atoms with Crippen molar-refractivity contribution in [1.82, 2.24) is 4.90 Å². The van der Waals surface area contributed by atoms with Crippen molar-refractivity contribution in [3.63, 3.8) is 0 Å². The minimum Gasteiger partial charge on any atom is -0.444 e. The number of carbonyl (C=O) groups excluding carboxylic acids is 1. The molecule has 1 aromatic carbocycles. The summed E-state index contributed by atoms with van der Waals surface area (Å²) < 4.78 is 18.7. The Kier molecular flexibility index (Phi) is 4.35. The molecule has 4 rings (SSSR count). The second kappa shape index (κ2) is 6.14. The van der Waals surface area contributed by atoms with Gasteiger partial charge in [0.15, 0.2) is 0 Å². The molecule has 3 nitrogen and oxygen atoms in total. The maximum Gasteiger partial charge on any atom is 0.410 e. The van der Waals surface area contributed by atoms with Crippen LogP contribution in [0.4, 0.5) is 9.18 Å². The predicted molar refractivity (Wildman–Crippen MR) is 87.7 cm³/mol. The smallest absolute Gasteiger partial charge is 0.410 e. The molecule has 3 fully saturated rings. The molecule has 2 bridgehead atoms. The Balaban J connectivity index is 1.70. The number of rotatable bonds is 2. The molecule has 1 saturated carbocycles. The van der Waals surface area contributed by atoms with Crippen LogP contribution in [-0.4, -0.2) is 29.2 Å². The lowest BCUT2D eigenvalue weighted by molar-refractivity contribution is -0.0316. The van der Waals surface area contributed by atoms with Gasteiger partial charge in [-0.3, -0.25) is 0 Å². The van der Waals surface area contributed by atoms with Crippen LogP contribution < -0.4 is 0 Å². The SMILES string of the molecule is CC(C)(C)OC(=O)N1C[C@H]2CC[C@H]1[C@H](Cc1ccc(F)cc1)C2. The molecule has 1 aromatic rings. The zero-order chi connectivity index (χ0) is 16.6. The highest BCUT2D eigenvalue weighted by Crippen LogP contribution is 2.41. The number of halogens is 1. The Bertz CT molecular complexity index is 564. The molecule has 2 aliphatic heterocycles. The van der Waals surface area contributed by atoms with Crippen LogP contribution in [0.15, 0.2) is 24.3 Å². The second-order valence-corrected chi connectivity index (χ2v) is 7.97. The molecule has 2 saturated heterocycles. The van der Waals surface area contributed by atoms with Gasteiger partial charge in [-0.1, -0.05) is 12.1 Å². The van der Waals surface area contributed by atoms with Gasteiger partial charge in [0.05, 0.1) is 0 Å². The van der Waals surface area contributed by atoms with Gasteiger partial charge in [0.1, 0.15) is 11.4 Å². The summed E-state index contributed by atoms with van der Waals surface area (Å²) in [7, 11) is 0. The Morgan fingerprint density at radius 3 is 2.57 bits per heavy atom. The molecule has 3 atom stereocenters. The Labute approximate surface area is 137 Å². The maximum absolute atomic E-state index is 13.1. The quantitative estimate of drug-likeness (QED) is 0.808. The van der Waals surface area contributed by atoms with Gasteiger partial charge in [-0.05, 0) is 76.0 Å². The van der Waals surface area contributed by atoms with Crippen LogP contribution in [0.1, 0.15) is 45.6 Å². The number of hydrogen-bond acceptors (Lipinski definition) is 2. The molecule has 126 valence electrons. The largest absolute Gasteiger partial charge is 0.444 e. The number of carbonyl (C=O) groups is 1. The first kappa shape index (κ1) is 16.3. The van der Waals surface area contributed by atoms with Crippen molar-refractivity contribution >= 4 is 6.09 Å². The molecule has 0 radical (unpaired) electrons. The fraction of sp³-hybridized carbons (Fsp3) is 0.632. The van der Waals surface area contributed by atoms with Gasteiger partial charge in [0.2, 0.25) is 0 Å². The second-order valence-electron chi connectivity index (χ2n) is 7.97. The molecule has 0 N–H and O–H groups in total. The lowest BCUT2D eigenvalue weighted by Gasteiger charge is -2.50. The van der Waals surface area contributed by atoms with Gasteiger partial charge in [0, 0.05) is 12.6 Å². The van der Waals surface area contributed by atoms with E-state index in [1.807, 2.05) is 37.8 Å². The third-order valence-electron chi connectivity index (χ3n) is 4.95. The number of ether oxygens (including phenoxy) is 1. The van der Waals surface area contributed by atoms with E-state index in [1.165, 1.54) is 18.6 Å². The van der Waals surface area contributed by atoms with E-state index in [0.717, 1.165) is 31.4 Å². The fourth-order valence-electron chi connectivity index (χ4n) is 4.01. The molecule has 1 amide bonds. The van der Waals surface area contributed by atoms with Gasteiger partial charge >= 0.3 is 6.09 Å². The van der Waals surface area contributed by atoms with Gasteiger partial charge in [-0.2, -0.15) is 0 Å². The monoisotopic (exact) mass is 319 g/mol. The van der Waals surface area contributed by atoms with Crippen LogP contribution in [0, 0.1) is 17.7 Å². The number of hydrogen-bond donors (Lipinski definition) is 0. The van der Waals surface area contributed by atoms with Crippen molar-refractivity contribution in [2.24, 2.45) is 11.8 Å². The van der Waals surface area contributed by atoms with Crippen molar-refractivity contribution in [2.45, 2.75) is 58.1 Å². The van der Waals surface area contributed by atoms with Gasteiger partial charge < -0.3 is 9.64 Å². The Morgan fingerprint density at radius 1 is 1.26 bits per heavy atom. The van der Waals surface area contributed by atoms with Crippen molar-refractivity contribution in [2.75, 3.05) is 6.54 Å². The summed E-state index contributed by atoms with van der Waals surface area (Å²) in [4.78, 5) is 14.4. The zero-order valence-electron chi connectivity index (χ0n) is 14.2. The standard InChI is InChI=1S/C19H26FNO2/c1-19(2,3)23-18(22)21-12-14-6-9-17(21)15(11-14)10-13-4-7-16(20)8-5-13/h4-5,7-8,14-15,17H,6,9-12H2,1-3H3/t14-,15+,17-/m0/s1. The summed E-state index contributed by atoms with van der Waals surface area (Å²) in [6, 6.07) is 6.99. The minimum atomic E-state index is -0.458. The van der Waals surface area contributed by atoms with Crippen molar-refractivity contribution in [3.8, 4) is 0 Å². The Morgan fingerprint density at radius 2 is 1.96 bits per heavy atom. The van der Waals surface area contributed by atoms with Crippen LogP contribution in [0.5, 0.6) is 0 Å². The van der Waals surface area contributed by atoms with E-state index in [4.69, 9.17) is 4.74 Å². The van der Waals surface area contributed by atoms with E-state index in [0.29, 0.717) is 11.8 Å². The molecule has 0 unspecified atom stereocenters. The van der Waals surface area contributed by atoms with Crippen LogP contribution in [0.2, 0.25) is 0 Å². The van der Waals surface area contributed by atoms with E-state index in [2.05, 4.69) is 0 Å². The first-order chi connectivity index (χ1) is 10.8. The normalized spacial score (nSPS) is 27.1. The molecule has 1 aliphatic carbocycles. The van der Waals surface area contributed by atoms with E-state index in [1.54, 1.807) is 0 Å². The predicted octanol–water partition coefficient (Wildman–Crippen LogP) is 4.40. The van der Waals surface area contributed by atoms with Crippen molar-refractivity contribution < 1.29 is 13.9 Å². The topological polar surface area (TPSA) is 29.5 Å². The van der Waals surface area contributed by atoms with E-state index >= 15 is 0 Å². The van der Waals surface area contributed by atoms with Crippen LogP contribution >= 0.6 is 0 Å². The fourth-order valence-corrected chi connectivity index (χ4v) is 4.01. The molecule has 0 spiro atoms. The number of benzene rings is 1. The van der Waals surface area contributed by atoms with E-state index in [9.17, 15) is 9.18 Å². The van der Waals surface area contributed by atoms with Crippen molar-refractivity contribution in [3.05, 3.63) is 35.6 Å². The average molecular weight is 319 g/mol. The summed E-state index contributed by atoms with van der Waals surface area (Å²) in [5, 5.41) is 0. The highest BCUT2D eigenvalue weighted by atomic mass is 19.1. The first-order valence-electron chi connectivity index (χ1n) is 8.56. The Hall–Kier alpha value is -1.58. The third-order valence-corrected chi connectivity index (χ3v) is 4.95. The van der Waals surface area contributed by atoms with Gasteiger partial charge in [-0.15, -0.1) is 0 Å². The summed E-state index contributed by atoms with van der Waals surface area (Å²) in [5.41, 5.74) is 0.688. The average Bonchev–Trinajstić information content (AvgIpc) is 2.48. The molecule has 4 heteroatoms. The van der Waals surface area contributed by atoms with Crippen LogP contribution in [0.3, 0.4) is 0 Å². The lowest BCUT2D eigenvalue weighted by atomic mass is 9.71.